The lowest BCUT2D eigenvalue weighted by Crippen LogP contribution is -3.14. The zero-order valence-electron chi connectivity index (χ0n) is 13.8. The fraction of sp³-hybridized carbons (Fsp3) is 0.350. The maximum Gasteiger partial charge on any atom is 0.279 e. The van der Waals surface area contributed by atoms with Crippen molar-refractivity contribution < 1.29 is 9.69 Å². The predicted molar refractivity (Wildman–Crippen MR) is 106 cm³/mol. The highest BCUT2D eigenvalue weighted by atomic mass is 127. The van der Waals surface area contributed by atoms with Crippen LogP contribution in [0.15, 0.2) is 54.6 Å². The van der Waals surface area contributed by atoms with Gasteiger partial charge in [0.15, 0.2) is 6.54 Å². The molecule has 2 aromatic rings. The van der Waals surface area contributed by atoms with Gasteiger partial charge in [-0.05, 0) is 77.6 Å². The van der Waals surface area contributed by atoms with E-state index in [0.29, 0.717) is 6.54 Å². The molecule has 3 rings (SSSR count). The number of carbonyl (C=O) groups excluding carboxylic acids is 1. The van der Waals surface area contributed by atoms with E-state index in [4.69, 9.17) is 0 Å². The molecule has 0 aromatic heterocycles. The van der Waals surface area contributed by atoms with Gasteiger partial charge in [-0.15, -0.1) is 0 Å². The van der Waals surface area contributed by atoms with Gasteiger partial charge in [0.25, 0.3) is 5.91 Å². The van der Waals surface area contributed by atoms with Crippen molar-refractivity contribution in [3.05, 3.63) is 63.7 Å². The summed E-state index contributed by atoms with van der Waals surface area (Å²) in [5, 5.41) is 3.00. The van der Waals surface area contributed by atoms with Crippen LogP contribution in [0.2, 0.25) is 0 Å². The van der Waals surface area contributed by atoms with Gasteiger partial charge in [0, 0.05) is 9.26 Å². The van der Waals surface area contributed by atoms with Gasteiger partial charge in [0.05, 0.1) is 13.1 Å². The Hall–Kier alpha value is -1.40. The number of likely N-dealkylation sites (tertiary alicyclic amines) is 1. The van der Waals surface area contributed by atoms with Crippen LogP contribution in [0.3, 0.4) is 0 Å². The number of nitrogens with one attached hydrogen (secondary N) is 2. The molecule has 0 radical (unpaired) electrons. The van der Waals surface area contributed by atoms with Crippen molar-refractivity contribution in [2.75, 3.05) is 25.0 Å². The largest absolute Gasteiger partial charge is 0.327 e. The van der Waals surface area contributed by atoms with Crippen molar-refractivity contribution in [2.45, 2.75) is 19.3 Å². The molecular weight excluding hydrogens is 411 g/mol. The Morgan fingerprint density at radius 1 is 1.04 bits per heavy atom. The van der Waals surface area contributed by atoms with Crippen LogP contribution in [0.1, 0.15) is 18.4 Å². The lowest BCUT2D eigenvalue weighted by atomic mass is 9.90. The van der Waals surface area contributed by atoms with Crippen LogP contribution in [0.4, 0.5) is 5.69 Å². The first-order valence-corrected chi connectivity index (χ1v) is 9.70. The second-order valence-electron chi connectivity index (χ2n) is 6.61. The summed E-state index contributed by atoms with van der Waals surface area (Å²) < 4.78 is 1.18. The number of hydrogen-bond acceptors (Lipinski definition) is 1. The van der Waals surface area contributed by atoms with Crippen LogP contribution in [-0.4, -0.2) is 25.5 Å². The number of amides is 1. The van der Waals surface area contributed by atoms with Crippen LogP contribution < -0.4 is 10.2 Å². The van der Waals surface area contributed by atoms with Crippen molar-refractivity contribution >= 4 is 34.2 Å². The Morgan fingerprint density at radius 2 is 1.71 bits per heavy atom. The maximum absolute atomic E-state index is 12.2. The Balaban J connectivity index is 1.41. The molecule has 1 fully saturated rings. The van der Waals surface area contributed by atoms with Crippen molar-refractivity contribution in [3.8, 4) is 0 Å². The van der Waals surface area contributed by atoms with Crippen molar-refractivity contribution in [2.24, 2.45) is 5.92 Å². The van der Waals surface area contributed by atoms with Gasteiger partial charge in [-0.1, -0.05) is 30.3 Å². The van der Waals surface area contributed by atoms with E-state index in [1.54, 1.807) is 0 Å². The first kappa shape index (κ1) is 17.4. The minimum absolute atomic E-state index is 0.118. The van der Waals surface area contributed by atoms with Crippen LogP contribution in [0.5, 0.6) is 0 Å². The van der Waals surface area contributed by atoms with Crippen molar-refractivity contribution in [3.63, 3.8) is 0 Å². The molecule has 0 saturated carbocycles. The summed E-state index contributed by atoms with van der Waals surface area (Å²) in [4.78, 5) is 13.6. The molecule has 0 unspecified atom stereocenters. The summed E-state index contributed by atoms with van der Waals surface area (Å²) in [6, 6.07) is 18.7. The highest BCUT2D eigenvalue weighted by molar-refractivity contribution is 14.1. The smallest absolute Gasteiger partial charge is 0.279 e. The van der Waals surface area contributed by atoms with E-state index in [9.17, 15) is 4.79 Å². The summed E-state index contributed by atoms with van der Waals surface area (Å²) in [5.74, 6) is 0.878. The van der Waals surface area contributed by atoms with Gasteiger partial charge in [-0.3, -0.25) is 4.79 Å². The molecule has 0 bridgehead atoms. The molecule has 2 N–H and O–H groups in total. The summed E-state index contributed by atoms with van der Waals surface area (Å²) in [6.45, 7) is 2.76. The number of rotatable bonds is 5. The van der Waals surface area contributed by atoms with E-state index in [0.717, 1.165) is 24.7 Å². The number of halogens is 1. The van der Waals surface area contributed by atoms with Crippen molar-refractivity contribution in [1.29, 1.82) is 0 Å². The van der Waals surface area contributed by atoms with Gasteiger partial charge in [-0.2, -0.15) is 0 Å². The zero-order chi connectivity index (χ0) is 16.8. The minimum Gasteiger partial charge on any atom is -0.327 e. The number of quaternary nitrogens is 1. The average molecular weight is 435 g/mol. The lowest BCUT2D eigenvalue weighted by molar-refractivity contribution is -0.898. The number of benzene rings is 2. The zero-order valence-corrected chi connectivity index (χ0v) is 16.0. The highest BCUT2D eigenvalue weighted by Gasteiger charge is 2.24. The normalized spacial score (nSPS) is 20.5. The first-order chi connectivity index (χ1) is 11.7. The van der Waals surface area contributed by atoms with E-state index in [2.05, 4.69) is 58.2 Å². The molecule has 0 aliphatic carbocycles. The summed E-state index contributed by atoms with van der Waals surface area (Å²) in [5.41, 5.74) is 2.32. The molecule has 24 heavy (non-hydrogen) atoms. The molecule has 1 saturated heterocycles. The molecule has 4 heteroatoms. The van der Waals surface area contributed by atoms with Gasteiger partial charge in [0.1, 0.15) is 0 Å². The van der Waals surface area contributed by atoms with E-state index in [1.807, 2.05) is 24.3 Å². The van der Waals surface area contributed by atoms with E-state index >= 15 is 0 Å². The third-order valence-corrected chi connectivity index (χ3v) is 5.44. The fourth-order valence-electron chi connectivity index (χ4n) is 3.38. The van der Waals surface area contributed by atoms with Crippen LogP contribution >= 0.6 is 22.6 Å². The van der Waals surface area contributed by atoms with Crippen LogP contribution in [0.25, 0.3) is 0 Å². The summed E-state index contributed by atoms with van der Waals surface area (Å²) in [7, 11) is 0. The fourth-order valence-corrected chi connectivity index (χ4v) is 3.74. The van der Waals surface area contributed by atoms with Crippen LogP contribution in [0, 0.1) is 9.49 Å². The average Bonchev–Trinajstić information content (AvgIpc) is 2.60. The standard InChI is InChI=1S/C20H23IN2O/c21-18-6-8-19(9-7-18)22-20(24)15-23-12-10-17(11-13-23)14-16-4-2-1-3-5-16/h1-9,17H,10-15H2,(H,22,24)/p+1. The van der Waals surface area contributed by atoms with Crippen LogP contribution in [-0.2, 0) is 11.2 Å². The second kappa shape index (κ2) is 8.62. The number of anilines is 1. The third kappa shape index (κ3) is 5.31. The minimum atomic E-state index is 0.118. The van der Waals surface area contributed by atoms with Gasteiger partial charge in [0.2, 0.25) is 0 Å². The molecule has 1 amide bonds. The summed E-state index contributed by atoms with van der Waals surface area (Å²) in [6.07, 6.45) is 3.59. The molecule has 3 nitrogen and oxygen atoms in total. The Bertz CT molecular complexity index is 649. The molecule has 1 heterocycles. The third-order valence-electron chi connectivity index (χ3n) is 4.72. The van der Waals surface area contributed by atoms with E-state index < -0.39 is 0 Å². The summed E-state index contributed by atoms with van der Waals surface area (Å²) >= 11 is 2.27. The highest BCUT2D eigenvalue weighted by Crippen LogP contribution is 2.16. The number of piperidine rings is 1. The number of hydrogen-bond donors (Lipinski definition) is 2. The lowest BCUT2D eigenvalue weighted by Gasteiger charge is -2.29. The van der Waals surface area contributed by atoms with Gasteiger partial charge < -0.3 is 10.2 Å². The Kier molecular flexibility index (Phi) is 6.26. The first-order valence-electron chi connectivity index (χ1n) is 8.62. The van der Waals surface area contributed by atoms with E-state index in [-0.39, 0.29) is 5.91 Å². The number of carbonyl (C=O) groups is 1. The van der Waals surface area contributed by atoms with Gasteiger partial charge >= 0.3 is 0 Å². The predicted octanol–water partition coefficient (Wildman–Crippen LogP) is 2.77. The topological polar surface area (TPSA) is 33.5 Å². The molecule has 126 valence electrons. The molecule has 2 aromatic carbocycles. The Morgan fingerprint density at radius 3 is 2.38 bits per heavy atom. The molecule has 0 spiro atoms. The molecular formula is C20H24IN2O+. The van der Waals surface area contributed by atoms with E-state index in [1.165, 1.54) is 33.3 Å². The monoisotopic (exact) mass is 435 g/mol. The van der Waals surface area contributed by atoms with Gasteiger partial charge in [-0.25, -0.2) is 0 Å². The Labute approximate surface area is 157 Å². The quantitative estimate of drug-likeness (QED) is 0.696. The SMILES string of the molecule is O=C(C[NH+]1CCC(Cc2ccccc2)CC1)Nc1ccc(I)cc1. The molecule has 1 aliphatic heterocycles. The van der Waals surface area contributed by atoms with Crippen molar-refractivity contribution in [1.82, 2.24) is 0 Å². The molecule has 1 aliphatic rings. The second-order valence-corrected chi connectivity index (χ2v) is 7.86. The molecule has 0 atom stereocenters. The maximum atomic E-state index is 12.2.